The van der Waals surface area contributed by atoms with E-state index < -0.39 is 0 Å². The Kier molecular flexibility index (Phi) is 1.90. The zero-order valence-corrected chi connectivity index (χ0v) is 7.29. The number of nitrogens with zero attached hydrogens (tertiary/aromatic N) is 1. The Balaban J connectivity index is 1.93. The Labute approximate surface area is 68.7 Å². The third-order valence-electron chi connectivity index (χ3n) is 3.28. The summed E-state index contributed by atoms with van der Waals surface area (Å²) in [6, 6.07) is 1.69. The average Bonchev–Trinajstić information content (AvgIpc) is 2.77. The van der Waals surface area contributed by atoms with Gasteiger partial charge in [0.2, 0.25) is 0 Å². The van der Waals surface area contributed by atoms with Crippen LogP contribution >= 0.6 is 0 Å². The molecule has 2 N–H and O–H groups in total. The van der Waals surface area contributed by atoms with Crippen molar-refractivity contribution in [2.24, 2.45) is 11.7 Å². The Hall–Kier alpha value is -0.0800. The van der Waals surface area contributed by atoms with Gasteiger partial charge in [-0.15, -0.1) is 0 Å². The quantitative estimate of drug-likeness (QED) is 0.638. The molecule has 1 aliphatic carbocycles. The summed E-state index contributed by atoms with van der Waals surface area (Å²) in [6.07, 6.45) is 4.19. The van der Waals surface area contributed by atoms with Gasteiger partial charge in [-0.1, -0.05) is 0 Å². The van der Waals surface area contributed by atoms with Crippen LogP contribution in [0.25, 0.3) is 0 Å². The highest BCUT2D eigenvalue weighted by atomic mass is 15.2. The lowest BCUT2D eigenvalue weighted by Gasteiger charge is -2.23. The largest absolute Gasteiger partial charge is 0.330 e. The fraction of sp³-hybridized carbons (Fsp3) is 1.00. The topological polar surface area (TPSA) is 29.3 Å². The average molecular weight is 154 g/mol. The summed E-state index contributed by atoms with van der Waals surface area (Å²) < 4.78 is 0. The molecule has 2 nitrogen and oxygen atoms in total. The summed E-state index contributed by atoms with van der Waals surface area (Å²) in [5.41, 5.74) is 5.68. The summed E-state index contributed by atoms with van der Waals surface area (Å²) in [6.45, 7) is 4.51. The van der Waals surface area contributed by atoms with E-state index in [2.05, 4.69) is 11.8 Å². The van der Waals surface area contributed by atoms with Gasteiger partial charge in [-0.2, -0.15) is 0 Å². The van der Waals surface area contributed by atoms with Crippen LogP contribution in [0, 0.1) is 5.92 Å². The highest BCUT2D eigenvalue weighted by Gasteiger charge is 2.38. The van der Waals surface area contributed by atoms with E-state index in [-0.39, 0.29) is 0 Å². The molecule has 0 aromatic carbocycles. The summed E-state index contributed by atoms with van der Waals surface area (Å²) in [5, 5.41) is 0. The van der Waals surface area contributed by atoms with Crippen LogP contribution in [0.15, 0.2) is 0 Å². The zero-order chi connectivity index (χ0) is 7.84. The molecule has 0 aromatic heterocycles. The first kappa shape index (κ1) is 7.56. The second-order valence-corrected chi connectivity index (χ2v) is 3.99. The van der Waals surface area contributed by atoms with Crippen molar-refractivity contribution in [3.05, 3.63) is 0 Å². The summed E-state index contributed by atoms with van der Waals surface area (Å²) in [5.74, 6) is 0.774. The molecular weight excluding hydrogens is 136 g/mol. The van der Waals surface area contributed by atoms with Crippen molar-refractivity contribution in [3.63, 3.8) is 0 Å². The van der Waals surface area contributed by atoms with Crippen LogP contribution in [0.3, 0.4) is 0 Å². The van der Waals surface area contributed by atoms with Crippen LogP contribution < -0.4 is 5.73 Å². The van der Waals surface area contributed by atoms with Gasteiger partial charge in [0.15, 0.2) is 0 Å². The summed E-state index contributed by atoms with van der Waals surface area (Å²) >= 11 is 0. The molecule has 0 aromatic rings. The second-order valence-electron chi connectivity index (χ2n) is 3.99. The van der Waals surface area contributed by atoms with Crippen LogP contribution in [0.1, 0.15) is 26.2 Å². The van der Waals surface area contributed by atoms with Gasteiger partial charge in [-0.25, -0.2) is 0 Å². The zero-order valence-electron chi connectivity index (χ0n) is 7.29. The molecule has 64 valence electrons. The molecule has 1 aliphatic heterocycles. The van der Waals surface area contributed by atoms with Crippen LogP contribution in [-0.4, -0.2) is 30.1 Å². The van der Waals surface area contributed by atoms with Gasteiger partial charge in [-0.05, 0) is 45.2 Å². The van der Waals surface area contributed by atoms with E-state index in [9.17, 15) is 0 Å². The molecule has 0 bridgehead atoms. The predicted octanol–water partition coefficient (Wildman–Crippen LogP) is 0.818. The molecular formula is C9H18N2. The molecule has 11 heavy (non-hydrogen) atoms. The minimum atomic E-state index is 0.757. The molecule has 2 unspecified atom stereocenters. The molecule has 1 heterocycles. The minimum Gasteiger partial charge on any atom is -0.330 e. The van der Waals surface area contributed by atoms with E-state index >= 15 is 0 Å². The molecule has 2 rings (SSSR count). The summed E-state index contributed by atoms with van der Waals surface area (Å²) in [7, 11) is 0. The lowest BCUT2D eigenvalue weighted by molar-refractivity contribution is 0.234. The van der Waals surface area contributed by atoms with Crippen LogP contribution in [0.2, 0.25) is 0 Å². The molecule has 1 saturated heterocycles. The first-order valence-electron chi connectivity index (χ1n) is 4.78. The van der Waals surface area contributed by atoms with Gasteiger partial charge in [-0.3, -0.25) is 4.90 Å². The number of hydrogen-bond acceptors (Lipinski definition) is 2. The van der Waals surface area contributed by atoms with E-state index in [1.54, 1.807) is 0 Å². The van der Waals surface area contributed by atoms with Gasteiger partial charge in [0.25, 0.3) is 0 Å². The van der Waals surface area contributed by atoms with E-state index in [0.717, 1.165) is 24.5 Å². The van der Waals surface area contributed by atoms with Crippen molar-refractivity contribution >= 4 is 0 Å². The van der Waals surface area contributed by atoms with Crippen molar-refractivity contribution in [1.29, 1.82) is 0 Å². The highest BCUT2D eigenvalue weighted by Crippen LogP contribution is 2.35. The number of likely N-dealkylation sites (tertiary alicyclic amines) is 1. The predicted molar refractivity (Wildman–Crippen MR) is 46.4 cm³/mol. The normalized spacial score (nSPS) is 39.8. The van der Waals surface area contributed by atoms with E-state index in [1.807, 2.05) is 0 Å². The third kappa shape index (κ3) is 1.30. The van der Waals surface area contributed by atoms with Crippen molar-refractivity contribution in [3.8, 4) is 0 Å². The number of nitrogens with two attached hydrogens (primary N) is 1. The molecule has 2 fully saturated rings. The maximum atomic E-state index is 5.68. The molecule has 2 aliphatic rings. The monoisotopic (exact) mass is 154 g/mol. The SMILES string of the molecule is CC1C(CN)CCN1C1CC1. The number of rotatable bonds is 2. The molecule has 0 spiro atoms. The molecule has 2 atom stereocenters. The molecule has 0 radical (unpaired) electrons. The smallest absolute Gasteiger partial charge is 0.0111 e. The fourth-order valence-corrected chi connectivity index (χ4v) is 2.27. The fourth-order valence-electron chi connectivity index (χ4n) is 2.27. The lowest BCUT2D eigenvalue weighted by atomic mass is 10.0. The Bertz CT molecular complexity index is 142. The maximum Gasteiger partial charge on any atom is 0.0111 e. The van der Waals surface area contributed by atoms with E-state index in [1.165, 1.54) is 25.8 Å². The first-order valence-corrected chi connectivity index (χ1v) is 4.78. The van der Waals surface area contributed by atoms with Crippen molar-refractivity contribution in [2.75, 3.05) is 13.1 Å². The molecule has 0 amide bonds. The van der Waals surface area contributed by atoms with Crippen LogP contribution in [-0.2, 0) is 0 Å². The van der Waals surface area contributed by atoms with E-state index in [4.69, 9.17) is 5.73 Å². The number of hydrogen-bond donors (Lipinski definition) is 1. The van der Waals surface area contributed by atoms with Crippen molar-refractivity contribution in [1.82, 2.24) is 4.90 Å². The third-order valence-corrected chi connectivity index (χ3v) is 3.28. The minimum absolute atomic E-state index is 0.757. The van der Waals surface area contributed by atoms with Gasteiger partial charge in [0.1, 0.15) is 0 Å². The lowest BCUT2D eigenvalue weighted by Crippen LogP contribution is -2.34. The molecule has 1 saturated carbocycles. The van der Waals surface area contributed by atoms with Gasteiger partial charge >= 0.3 is 0 Å². The van der Waals surface area contributed by atoms with E-state index in [0.29, 0.717) is 0 Å². The highest BCUT2D eigenvalue weighted by molar-refractivity contribution is 4.94. The Morgan fingerprint density at radius 1 is 1.36 bits per heavy atom. The van der Waals surface area contributed by atoms with Crippen molar-refractivity contribution in [2.45, 2.75) is 38.3 Å². The Morgan fingerprint density at radius 3 is 2.55 bits per heavy atom. The van der Waals surface area contributed by atoms with Gasteiger partial charge < -0.3 is 5.73 Å². The van der Waals surface area contributed by atoms with Gasteiger partial charge in [0, 0.05) is 12.1 Å². The first-order chi connectivity index (χ1) is 5.33. The maximum absolute atomic E-state index is 5.68. The standard InChI is InChI=1S/C9H18N2/c1-7-8(6-10)4-5-11(7)9-2-3-9/h7-9H,2-6,10H2,1H3. The van der Waals surface area contributed by atoms with Gasteiger partial charge in [0.05, 0.1) is 0 Å². The van der Waals surface area contributed by atoms with Crippen LogP contribution in [0.4, 0.5) is 0 Å². The van der Waals surface area contributed by atoms with Crippen LogP contribution in [0.5, 0.6) is 0 Å². The molecule has 2 heteroatoms. The summed E-state index contributed by atoms with van der Waals surface area (Å²) in [4.78, 5) is 2.65. The second kappa shape index (κ2) is 2.76. The Morgan fingerprint density at radius 2 is 2.09 bits per heavy atom. The van der Waals surface area contributed by atoms with Crippen molar-refractivity contribution < 1.29 is 0 Å².